The first-order chi connectivity index (χ1) is 11.3. The summed E-state index contributed by atoms with van der Waals surface area (Å²) in [7, 11) is 1.64. The minimum Gasteiger partial charge on any atom is -0.442 e. The third-order valence-electron chi connectivity index (χ3n) is 4.26. The normalized spacial score (nSPS) is 19.4. The lowest BCUT2D eigenvalue weighted by Crippen LogP contribution is -2.37. The van der Waals surface area contributed by atoms with Gasteiger partial charge in [-0.25, -0.2) is 4.39 Å². The van der Waals surface area contributed by atoms with E-state index < -0.39 is 17.7 Å². The minimum atomic E-state index is -0.953. The number of fused-ring (bicyclic) bond motifs is 1. The molecule has 1 aliphatic heterocycles. The summed E-state index contributed by atoms with van der Waals surface area (Å²) >= 11 is 3.13. The van der Waals surface area contributed by atoms with Crippen LogP contribution in [-0.4, -0.2) is 10.5 Å². The number of aryl methyl sites for hydroxylation is 1. The summed E-state index contributed by atoms with van der Waals surface area (Å²) in [6.45, 7) is 1.76. The second kappa shape index (κ2) is 5.87. The van der Waals surface area contributed by atoms with Crippen LogP contribution in [0.5, 0.6) is 5.75 Å². The topological polar surface area (TPSA) is 78.9 Å². The number of pyridine rings is 1. The summed E-state index contributed by atoms with van der Waals surface area (Å²) in [5.74, 6) is -2.03. The molecule has 3 rings (SSSR count). The van der Waals surface area contributed by atoms with E-state index in [0.717, 1.165) is 0 Å². The van der Waals surface area contributed by atoms with Crippen molar-refractivity contribution in [3.05, 3.63) is 61.7 Å². The van der Waals surface area contributed by atoms with Crippen LogP contribution in [0.3, 0.4) is 0 Å². The molecule has 24 heavy (non-hydrogen) atoms. The van der Waals surface area contributed by atoms with Crippen molar-refractivity contribution in [2.24, 2.45) is 13.0 Å². The van der Waals surface area contributed by atoms with Crippen molar-refractivity contribution < 1.29 is 9.13 Å². The first kappa shape index (κ1) is 16.4. The Bertz CT molecular complexity index is 962. The van der Waals surface area contributed by atoms with Crippen molar-refractivity contribution in [2.75, 3.05) is 0 Å². The van der Waals surface area contributed by atoms with Gasteiger partial charge in [0.15, 0.2) is 0 Å². The van der Waals surface area contributed by atoms with Crippen molar-refractivity contribution in [1.29, 1.82) is 10.7 Å². The number of nitrogens with one attached hydrogen (secondary N) is 1. The van der Waals surface area contributed by atoms with Crippen LogP contribution in [0.1, 0.15) is 22.7 Å². The number of halogens is 2. The number of benzene rings is 1. The maximum atomic E-state index is 13.6. The number of hydrogen-bond donors (Lipinski definition) is 1. The molecule has 0 radical (unpaired) electrons. The molecule has 2 heterocycles. The highest BCUT2D eigenvalue weighted by Crippen LogP contribution is 2.41. The van der Waals surface area contributed by atoms with E-state index in [9.17, 15) is 14.4 Å². The quantitative estimate of drug-likeness (QED) is 0.812. The predicted octanol–water partition coefficient (Wildman–Crippen LogP) is 3.24. The Morgan fingerprint density at radius 1 is 1.42 bits per heavy atom. The van der Waals surface area contributed by atoms with Crippen molar-refractivity contribution in [3.63, 3.8) is 0 Å². The molecule has 0 aliphatic carbocycles. The molecule has 2 unspecified atom stereocenters. The van der Waals surface area contributed by atoms with Crippen molar-refractivity contribution in [1.82, 2.24) is 4.57 Å². The first-order valence-electron chi connectivity index (χ1n) is 7.16. The number of hydrogen-bond acceptors (Lipinski definition) is 4. The van der Waals surface area contributed by atoms with E-state index >= 15 is 0 Å². The Morgan fingerprint density at radius 2 is 2.12 bits per heavy atom. The minimum absolute atomic E-state index is 0.219. The third-order valence-corrected chi connectivity index (χ3v) is 4.87. The van der Waals surface area contributed by atoms with E-state index in [0.29, 0.717) is 16.8 Å². The lowest BCUT2D eigenvalue weighted by molar-refractivity contribution is 0.442. The lowest BCUT2D eigenvalue weighted by Gasteiger charge is -2.30. The molecule has 0 amide bonds. The van der Waals surface area contributed by atoms with E-state index in [1.807, 2.05) is 6.07 Å². The van der Waals surface area contributed by atoms with Gasteiger partial charge in [-0.2, -0.15) is 5.26 Å². The van der Waals surface area contributed by atoms with E-state index in [2.05, 4.69) is 15.9 Å². The van der Waals surface area contributed by atoms with Crippen LogP contribution in [-0.2, 0) is 7.05 Å². The van der Waals surface area contributed by atoms with Crippen molar-refractivity contribution >= 4 is 21.8 Å². The number of nitrogens with zero attached hydrogens (tertiary/aromatic N) is 2. The summed E-state index contributed by atoms with van der Waals surface area (Å²) in [5, 5.41) is 17.5. The lowest BCUT2D eigenvalue weighted by atomic mass is 9.79. The Balaban J connectivity index is 2.33. The molecule has 0 saturated carbocycles. The fourth-order valence-electron chi connectivity index (χ4n) is 2.88. The molecule has 0 spiro atoms. The predicted molar refractivity (Wildman–Crippen MR) is 89.8 cm³/mol. The molecule has 2 aromatic rings. The molecule has 1 aromatic heterocycles. The smallest absolute Gasteiger partial charge is 0.258 e. The van der Waals surface area contributed by atoms with Crippen LogP contribution >= 0.6 is 15.9 Å². The SMILES string of the molecule is Cc1cc2c(c(=O)n1C)C(c1ccc(F)c(Br)c1)C(C#N)C(=N)O2. The molecule has 1 N–H and O–H groups in total. The van der Waals surface area contributed by atoms with Gasteiger partial charge in [0.1, 0.15) is 17.5 Å². The van der Waals surface area contributed by atoms with Crippen LogP contribution in [0.15, 0.2) is 33.5 Å². The summed E-state index contributed by atoms with van der Waals surface area (Å²) in [6, 6.07) is 8.03. The average Bonchev–Trinajstić information content (AvgIpc) is 2.54. The number of ether oxygens (including phenoxy) is 1. The average molecular weight is 390 g/mol. The molecule has 0 fully saturated rings. The van der Waals surface area contributed by atoms with E-state index in [1.54, 1.807) is 20.0 Å². The van der Waals surface area contributed by atoms with Gasteiger partial charge in [0.05, 0.1) is 16.1 Å². The number of rotatable bonds is 1. The molecule has 122 valence electrons. The highest BCUT2D eigenvalue weighted by Gasteiger charge is 2.39. The second-order valence-electron chi connectivity index (χ2n) is 5.65. The van der Waals surface area contributed by atoms with Gasteiger partial charge >= 0.3 is 0 Å². The molecule has 5 nitrogen and oxygen atoms in total. The number of aromatic nitrogens is 1. The zero-order valence-corrected chi connectivity index (χ0v) is 14.5. The van der Waals surface area contributed by atoms with Gasteiger partial charge in [-0.05, 0) is 40.5 Å². The van der Waals surface area contributed by atoms with Gasteiger partial charge in [0, 0.05) is 24.7 Å². The van der Waals surface area contributed by atoms with Crippen LogP contribution in [0.4, 0.5) is 4.39 Å². The number of nitriles is 1. The summed E-state index contributed by atoms with van der Waals surface area (Å²) in [6.07, 6.45) is 0. The Morgan fingerprint density at radius 3 is 2.75 bits per heavy atom. The first-order valence-corrected chi connectivity index (χ1v) is 7.95. The molecular weight excluding hydrogens is 377 g/mol. The van der Waals surface area contributed by atoms with Gasteiger partial charge in [0.2, 0.25) is 5.90 Å². The summed E-state index contributed by atoms with van der Waals surface area (Å²) < 4.78 is 20.7. The van der Waals surface area contributed by atoms with Gasteiger partial charge in [-0.15, -0.1) is 0 Å². The maximum Gasteiger partial charge on any atom is 0.258 e. The molecular formula is C17H13BrFN3O2. The fourth-order valence-corrected chi connectivity index (χ4v) is 3.28. The van der Waals surface area contributed by atoms with E-state index in [-0.39, 0.29) is 21.7 Å². The largest absolute Gasteiger partial charge is 0.442 e. The van der Waals surface area contributed by atoms with Crippen molar-refractivity contribution in [2.45, 2.75) is 12.8 Å². The molecule has 2 atom stereocenters. The zero-order valence-electron chi connectivity index (χ0n) is 12.9. The molecule has 0 bridgehead atoms. The fraction of sp³-hybridized carbons (Fsp3) is 0.235. The van der Waals surface area contributed by atoms with Gasteiger partial charge in [-0.3, -0.25) is 10.2 Å². The van der Waals surface area contributed by atoms with Gasteiger partial charge in [0.25, 0.3) is 5.56 Å². The van der Waals surface area contributed by atoms with Crippen LogP contribution in [0.2, 0.25) is 0 Å². The molecule has 1 aliphatic rings. The Labute approximate surface area is 145 Å². The monoisotopic (exact) mass is 389 g/mol. The van der Waals surface area contributed by atoms with Crippen molar-refractivity contribution in [3.8, 4) is 11.8 Å². The molecule has 7 heteroatoms. The van der Waals surface area contributed by atoms with E-state index in [1.165, 1.54) is 22.8 Å². The Hall–Kier alpha value is -2.46. The van der Waals surface area contributed by atoms with Crippen LogP contribution in [0.25, 0.3) is 0 Å². The highest BCUT2D eigenvalue weighted by atomic mass is 79.9. The van der Waals surface area contributed by atoms with Crippen LogP contribution < -0.4 is 10.3 Å². The summed E-state index contributed by atoms with van der Waals surface area (Å²) in [4.78, 5) is 12.8. The van der Waals surface area contributed by atoms with Crippen LogP contribution in [0, 0.1) is 35.4 Å². The van der Waals surface area contributed by atoms with E-state index in [4.69, 9.17) is 10.1 Å². The molecule has 1 aromatic carbocycles. The highest BCUT2D eigenvalue weighted by molar-refractivity contribution is 9.10. The third kappa shape index (κ3) is 2.43. The van der Waals surface area contributed by atoms with Gasteiger partial charge < -0.3 is 9.30 Å². The standard InChI is InChI=1S/C17H13BrFN3O2/c1-8-5-13-15(17(23)22(8)2)14(10(7-20)16(21)24-13)9-3-4-12(19)11(18)6-9/h3-6,10,14,21H,1-2H3. The second-order valence-corrected chi connectivity index (χ2v) is 6.51. The Kier molecular flexibility index (Phi) is 4.01. The van der Waals surface area contributed by atoms with Gasteiger partial charge in [-0.1, -0.05) is 6.07 Å². The molecule has 0 saturated heterocycles. The summed E-state index contributed by atoms with van der Waals surface area (Å²) in [5.41, 5.74) is 1.28. The zero-order chi connectivity index (χ0) is 17.6. The maximum absolute atomic E-state index is 13.6.